The SMILES string of the molecule is C[C@]12C=CC(=O)C=C1CC[C@@H]1[C@@H]2[C@@H](O)C[C@@]2(C)[C@H]1CC[C@@]2(O)C(=O)COC(=O)CCC(=O)NC[C@@H](CC(=O)O)c1ccccc1. The molecule has 45 heavy (non-hydrogen) atoms. The van der Waals surface area contributed by atoms with Crippen LogP contribution in [0.4, 0.5) is 0 Å². The van der Waals surface area contributed by atoms with Gasteiger partial charge in [0.2, 0.25) is 11.7 Å². The van der Waals surface area contributed by atoms with E-state index >= 15 is 0 Å². The van der Waals surface area contributed by atoms with Crippen LogP contribution in [0.2, 0.25) is 0 Å². The van der Waals surface area contributed by atoms with Gasteiger partial charge in [0.15, 0.2) is 12.4 Å². The second-order valence-corrected chi connectivity index (χ2v) is 13.7. The number of amides is 1. The molecule has 8 atom stereocenters. The lowest BCUT2D eigenvalue weighted by atomic mass is 9.46. The Kier molecular flexibility index (Phi) is 9.20. The number of allylic oxidation sites excluding steroid dienone is 4. The number of Topliss-reactive ketones (excluding diaryl/α,β-unsaturated/α-hetero) is 1. The summed E-state index contributed by atoms with van der Waals surface area (Å²) in [6, 6.07) is 8.99. The van der Waals surface area contributed by atoms with E-state index in [1.807, 2.05) is 19.1 Å². The number of aliphatic hydroxyl groups is 2. The van der Waals surface area contributed by atoms with Crippen molar-refractivity contribution in [1.82, 2.24) is 5.32 Å². The lowest BCUT2D eigenvalue weighted by Crippen LogP contribution is -2.61. The van der Waals surface area contributed by atoms with Crippen LogP contribution in [0.5, 0.6) is 0 Å². The van der Waals surface area contributed by atoms with Gasteiger partial charge in [0.05, 0.1) is 18.9 Å². The van der Waals surface area contributed by atoms with E-state index in [1.54, 1.807) is 36.4 Å². The van der Waals surface area contributed by atoms with Gasteiger partial charge in [-0.05, 0) is 61.7 Å². The Balaban J connectivity index is 1.14. The van der Waals surface area contributed by atoms with E-state index in [0.29, 0.717) is 6.42 Å². The summed E-state index contributed by atoms with van der Waals surface area (Å²) in [4.78, 5) is 61.7. The average Bonchev–Trinajstić information content (AvgIpc) is 3.27. The second-order valence-electron chi connectivity index (χ2n) is 13.7. The Morgan fingerprint density at radius 2 is 1.82 bits per heavy atom. The van der Waals surface area contributed by atoms with E-state index in [9.17, 15) is 39.3 Å². The molecule has 3 saturated carbocycles. The van der Waals surface area contributed by atoms with Gasteiger partial charge in [0, 0.05) is 35.6 Å². The molecular formula is C35H43NO9. The number of fused-ring (bicyclic) bond motifs is 5. The lowest BCUT2D eigenvalue weighted by molar-refractivity contribution is -0.181. The first-order chi connectivity index (χ1) is 21.3. The van der Waals surface area contributed by atoms with Gasteiger partial charge in [0.1, 0.15) is 5.60 Å². The number of hydrogen-bond donors (Lipinski definition) is 4. The Morgan fingerprint density at radius 1 is 1.09 bits per heavy atom. The summed E-state index contributed by atoms with van der Waals surface area (Å²) in [5.41, 5.74) is -1.33. The van der Waals surface area contributed by atoms with E-state index in [2.05, 4.69) is 12.2 Å². The maximum Gasteiger partial charge on any atom is 0.306 e. The predicted octanol–water partition coefficient (Wildman–Crippen LogP) is 3.26. The molecule has 0 unspecified atom stereocenters. The smallest absolute Gasteiger partial charge is 0.306 e. The molecule has 0 saturated heterocycles. The van der Waals surface area contributed by atoms with Gasteiger partial charge in [0.25, 0.3) is 0 Å². The number of ether oxygens (including phenoxy) is 1. The van der Waals surface area contributed by atoms with Gasteiger partial charge in [-0.25, -0.2) is 0 Å². The Morgan fingerprint density at radius 3 is 2.53 bits per heavy atom. The molecule has 242 valence electrons. The van der Waals surface area contributed by atoms with Crippen molar-refractivity contribution in [2.75, 3.05) is 13.2 Å². The summed E-state index contributed by atoms with van der Waals surface area (Å²) in [5, 5.41) is 35.3. The number of aliphatic carboxylic acids is 1. The summed E-state index contributed by atoms with van der Waals surface area (Å²) >= 11 is 0. The first-order valence-corrected chi connectivity index (χ1v) is 15.9. The van der Waals surface area contributed by atoms with E-state index in [4.69, 9.17) is 4.74 Å². The van der Waals surface area contributed by atoms with Crippen LogP contribution >= 0.6 is 0 Å². The summed E-state index contributed by atoms with van der Waals surface area (Å²) in [7, 11) is 0. The van der Waals surface area contributed by atoms with E-state index in [-0.39, 0.29) is 62.2 Å². The maximum absolute atomic E-state index is 13.5. The Hall–Kier alpha value is -3.63. The third kappa shape index (κ3) is 6.14. The van der Waals surface area contributed by atoms with Gasteiger partial charge in [-0.15, -0.1) is 0 Å². The molecular weight excluding hydrogens is 578 g/mol. The molecule has 4 aliphatic rings. The number of carbonyl (C=O) groups excluding carboxylic acids is 4. The highest BCUT2D eigenvalue weighted by molar-refractivity contribution is 6.01. The summed E-state index contributed by atoms with van der Waals surface area (Å²) < 4.78 is 5.22. The number of aliphatic hydroxyl groups excluding tert-OH is 1. The molecule has 0 spiro atoms. The number of benzene rings is 1. The lowest BCUT2D eigenvalue weighted by Gasteiger charge is -2.59. The van der Waals surface area contributed by atoms with Crippen molar-refractivity contribution < 1.29 is 44.0 Å². The van der Waals surface area contributed by atoms with Gasteiger partial charge in [-0.3, -0.25) is 24.0 Å². The zero-order valence-corrected chi connectivity index (χ0v) is 25.9. The van der Waals surface area contributed by atoms with Crippen molar-refractivity contribution in [3.63, 3.8) is 0 Å². The summed E-state index contributed by atoms with van der Waals surface area (Å²) in [5.74, 6) is -3.37. The number of carboxylic acid groups (broad SMARTS) is 1. The molecule has 4 aliphatic carbocycles. The third-order valence-electron chi connectivity index (χ3n) is 11.3. The zero-order chi connectivity index (χ0) is 32.6. The molecule has 0 radical (unpaired) electrons. The summed E-state index contributed by atoms with van der Waals surface area (Å²) in [6.45, 7) is 3.38. The molecule has 1 amide bonds. The molecule has 1 aromatic carbocycles. The van der Waals surface area contributed by atoms with Crippen molar-refractivity contribution in [2.45, 2.75) is 82.8 Å². The maximum atomic E-state index is 13.5. The molecule has 4 N–H and O–H groups in total. The highest BCUT2D eigenvalue weighted by Gasteiger charge is 2.68. The van der Waals surface area contributed by atoms with E-state index in [1.165, 1.54) is 0 Å². The number of esters is 1. The number of ketones is 2. The number of hydrogen-bond acceptors (Lipinski definition) is 8. The number of rotatable bonds is 11. The highest BCUT2D eigenvalue weighted by atomic mass is 16.5. The van der Waals surface area contributed by atoms with Gasteiger partial charge in [-0.1, -0.05) is 55.8 Å². The topological polar surface area (TPSA) is 167 Å². The van der Waals surface area contributed by atoms with Crippen LogP contribution in [0, 0.1) is 28.6 Å². The minimum atomic E-state index is -1.77. The quantitative estimate of drug-likeness (QED) is 0.271. The Labute approximate surface area is 262 Å². The molecule has 10 heteroatoms. The van der Waals surface area contributed by atoms with Crippen LogP contribution in [-0.2, 0) is 28.7 Å². The van der Waals surface area contributed by atoms with Crippen LogP contribution in [-0.4, -0.2) is 69.6 Å². The monoisotopic (exact) mass is 621 g/mol. The molecule has 0 aliphatic heterocycles. The fourth-order valence-electron chi connectivity index (χ4n) is 8.91. The summed E-state index contributed by atoms with van der Waals surface area (Å²) in [6.07, 6.45) is 6.23. The first kappa shape index (κ1) is 32.8. The molecule has 3 fully saturated rings. The fourth-order valence-corrected chi connectivity index (χ4v) is 8.91. The van der Waals surface area contributed by atoms with Gasteiger partial charge >= 0.3 is 11.9 Å². The number of nitrogens with one attached hydrogen (secondary N) is 1. The third-order valence-corrected chi connectivity index (χ3v) is 11.3. The number of carbonyl (C=O) groups is 5. The molecule has 5 rings (SSSR count). The van der Waals surface area contributed by atoms with Crippen molar-refractivity contribution in [2.24, 2.45) is 28.6 Å². The van der Waals surface area contributed by atoms with Crippen LogP contribution < -0.4 is 5.32 Å². The standard InChI is InChI=1S/C35H43NO9/c1-33-14-12-24(37)17-23(33)8-9-25-26-13-15-35(44,34(26,2)18-27(38)32(25)33)28(39)20-45-31(43)11-10-29(40)36-19-22(16-30(41)42)21-6-4-3-5-7-21/h3-7,12,14,17,22,25-27,32,38,44H,8-11,13,15-16,18-20H2,1-2H3,(H,36,40)(H,41,42)/t22-,25+,26+,27+,32-,33+,34+,35-/m1/s1. The van der Waals surface area contributed by atoms with Crippen molar-refractivity contribution in [3.8, 4) is 0 Å². The van der Waals surface area contributed by atoms with E-state index in [0.717, 1.165) is 24.0 Å². The first-order valence-electron chi connectivity index (χ1n) is 15.9. The van der Waals surface area contributed by atoms with Gasteiger partial charge in [-0.2, -0.15) is 0 Å². The van der Waals surface area contributed by atoms with Crippen LogP contribution in [0.25, 0.3) is 0 Å². The molecule has 10 nitrogen and oxygen atoms in total. The normalized spacial score (nSPS) is 34.0. The average molecular weight is 622 g/mol. The number of carboxylic acids is 1. The van der Waals surface area contributed by atoms with Crippen LogP contribution in [0.1, 0.15) is 76.7 Å². The van der Waals surface area contributed by atoms with Crippen molar-refractivity contribution in [1.29, 1.82) is 0 Å². The highest BCUT2D eigenvalue weighted by Crippen LogP contribution is 2.67. The van der Waals surface area contributed by atoms with E-state index < -0.39 is 58.7 Å². The zero-order valence-electron chi connectivity index (χ0n) is 25.9. The minimum absolute atomic E-state index is 0.0236. The minimum Gasteiger partial charge on any atom is -0.481 e. The fraction of sp³-hybridized carbons (Fsp3) is 0.571. The predicted molar refractivity (Wildman–Crippen MR) is 163 cm³/mol. The van der Waals surface area contributed by atoms with Gasteiger partial charge < -0.3 is 25.4 Å². The van der Waals surface area contributed by atoms with Crippen LogP contribution in [0.15, 0.2) is 54.1 Å². The molecule has 0 heterocycles. The second kappa shape index (κ2) is 12.6. The van der Waals surface area contributed by atoms with Crippen LogP contribution in [0.3, 0.4) is 0 Å². The molecule has 1 aromatic rings. The molecule has 0 bridgehead atoms. The molecule has 0 aromatic heterocycles. The largest absolute Gasteiger partial charge is 0.481 e. The Bertz CT molecular complexity index is 1420. The van der Waals surface area contributed by atoms with Crippen molar-refractivity contribution in [3.05, 3.63) is 59.7 Å². The van der Waals surface area contributed by atoms with Crippen molar-refractivity contribution >= 4 is 29.4 Å².